The molecule has 0 saturated carbocycles. The molecule has 0 fully saturated rings. The number of Topliss-reactive ketones (excluding diaryl/α,β-unsaturated/α-hetero) is 1. The number of phenolic OH excluding ortho intramolecular Hbond substituents is 1. The molecule has 3 nitrogen and oxygen atoms in total. The summed E-state index contributed by atoms with van der Waals surface area (Å²) in [6.45, 7) is 3.64. The van der Waals surface area contributed by atoms with Crippen LogP contribution in [0.2, 0.25) is 0 Å². The Morgan fingerprint density at radius 2 is 2.07 bits per heavy atom. The molecule has 1 rings (SSSR count). The van der Waals surface area contributed by atoms with Crippen LogP contribution in [0.5, 0.6) is 5.75 Å². The van der Waals surface area contributed by atoms with Gasteiger partial charge in [-0.25, -0.2) is 0 Å². The number of rotatable bonds is 3. The van der Waals surface area contributed by atoms with Crippen LogP contribution in [0.3, 0.4) is 0 Å². The molecule has 14 heavy (non-hydrogen) atoms. The summed E-state index contributed by atoms with van der Waals surface area (Å²) in [6, 6.07) is 4.66. The van der Waals surface area contributed by atoms with Crippen LogP contribution in [0, 0.1) is 6.92 Å². The van der Waals surface area contributed by atoms with Crippen molar-refractivity contribution < 1.29 is 9.90 Å². The van der Waals surface area contributed by atoms with Crippen molar-refractivity contribution in [1.29, 1.82) is 0 Å². The summed E-state index contributed by atoms with van der Waals surface area (Å²) in [5.41, 5.74) is 1.43. The first-order chi connectivity index (χ1) is 6.54. The normalized spacial score (nSPS) is 12.5. The van der Waals surface area contributed by atoms with Crippen LogP contribution >= 0.6 is 0 Å². The molecule has 0 aliphatic rings. The molecule has 0 aromatic heterocycles. The van der Waals surface area contributed by atoms with Gasteiger partial charge in [-0.15, -0.1) is 0 Å². The van der Waals surface area contributed by atoms with Crippen LogP contribution in [0.25, 0.3) is 0 Å². The van der Waals surface area contributed by atoms with E-state index in [9.17, 15) is 9.90 Å². The number of likely N-dealkylation sites (N-methyl/N-ethyl adjacent to an activating group) is 1. The Bertz CT molecular complexity index is 327. The lowest BCUT2D eigenvalue weighted by Gasteiger charge is -2.09. The lowest BCUT2D eigenvalue weighted by molar-refractivity contribution is 0.0954. The quantitative estimate of drug-likeness (QED) is 0.715. The molecule has 0 aliphatic heterocycles. The fourth-order valence-electron chi connectivity index (χ4n) is 1.29. The molecule has 1 atom stereocenters. The van der Waals surface area contributed by atoms with Gasteiger partial charge in [0.25, 0.3) is 0 Å². The molecule has 0 spiro atoms. The van der Waals surface area contributed by atoms with E-state index in [4.69, 9.17) is 0 Å². The number of carbonyl (C=O) groups is 1. The predicted molar refractivity (Wildman–Crippen MR) is 55.7 cm³/mol. The first-order valence-corrected chi connectivity index (χ1v) is 4.56. The summed E-state index contributed by atoms with van der Waals surface area (Å²) in [5, 5.41) is 12.2. The first kappa shape index (κ1) is 10.7. The van der Waals surface area contributed by atoms with E-state index in [1.165, 1.54) is 6.07 Å². The highest BCUT2D eigenvalue weighted by atomic mass is 16.3. The Labute approximate surface area is 83.8 Å². The van der Waals surface area contributed by atoms with E-state index in [1.54, 1.807) is 26.1 Å². The number of nitrogens with one attached hydrogen (secondary N) is 1. The van der Waals surface area contributed by atoms with Gasteiger partial charge in [-0.05, 0) is 44.7 Å². The van der Waals surface area contributed by atoms with E-state index < -0.39 is 0 Å². The minimum Gasteiger partial charge on any atom is -0.508 e. The summed E-state index contributed by atoms with van der Waals surface area (Å²) in [5.74, 6) is 0.128. The SMILES string of the molecule is CNC(C)C(=O)c1cc(C)cc(O)c1. The number of phenols is 1. The Kier molecular flexibility index (Phi) is 3.25. The van der Waals surface area contributed by atoms with Crippen molar-refractivity contribution >= 4 is 5.78 Å². The molecule has 0 radical (unpaired) electrons. The monoisotopic (exact) mass is 193 g/mol. The van der Waals surface area contributed by atoms with Gasteiger partial charge >= 0.3 is 0 Å². The van der Waals surface area contributed by atoms with Crippen LogP contribution < -0.4 is 5.32 Å². The molecule has 3 heteroatoms. The smallest absolute Gasteiger partial charge is 0.179 e. The number of carbonyl (C=O) groups excluding carboxylic acids is 1. The van der Waals surface area contributed by atoms with Gasteiger partial charge in [-0.3, -0.25) is 4.79 Å². The summed E-state index contributed by atoms with van der Waals surface area (Å²) in [7, 11) is 1.73. The molecule has 2 N–H and O–H groups in total. The standard InChI is InChI=1S/C11H15NO2/c1-7-4-9(6-10(13)5-7)11(14)8(2)12-3/h4-6,8,12-13H,1-3H3. The lowest BCUT2D eigenvalue weighted by atomic mass is 10.0. The average Bonchev–Trinajstić information content (AvgIpc) is 2.14. The van der Waals surface area contributed by atoms with Crippen LogP contribution in [-0.4, -0.2) is 24.0 Å². The number of aryl methyl sites for hydroxylation is 1. The predicted octanol–water partition coefficient (Wildman–Crippen LogP) is 1.49. The van der Waals surface area contributed by atoms with Crippen LogP contribution in [-0.2, 0) is 0 Å². The zero-order valence-electron chi connectivity index (χ0n) is 8.66. The van der Waals surface area contributed by atoms with Crippen LogP contribution in [0.1, 0.15) is 22.8 Å². The van der Waals surface area contributed by atoms with E-state index in [1.807, 2.05) is 6.92 Å². The molecule has 0 saturated heterocycles. The van der Waals surface area contributed by atoms with Gasteiger partial charge in [-0.2, -0.15) is 0 Å². The molecular formula is C11H15NO2. The van der Waals surface area contributed by atoms with E-state index in [0.717, 1.165) is 5.56 Å². The molecule has 0 aliphatic carbocycles. The Hall–Kier alpha value is -1.35. The fourth-order valence-corrected chi connectivity index (χ4v) is 1.29. The average molecular weight is 193 g/mol. The molecular weight excluding hydrogens is 178 g/mol. The van der Waals surface area contributed by atoms with Gasteiger partial charge in [0.1, 0.15) is 5.75 Å². The van der Waals surface area contributed by atoms with Crippen LogP contribution in [0.4, 0.5) is 0 Å². The van der Waals surface area contributed by atoms with Crippen LogP contribution in [0.15, 0.2) is 18.2 Å². The molecule has 0 heterocycles. The second kappa shape index (κ2) is 4.24. The highest BCUT2D eigenvalue weighted by Crippen LogP contribution is 2.16. The highest BCUT2D eigenvalue weighted by molar-refractivity contribution is 6.00. The van der Waals surface area contributed by atoms with Crippen molar-refractivity contribution in [3.05, 3.63) is 29.3 Å². The molecule has 1 unspecified atom stereocenters. The summed E-state index contributed by atoms with van der Waals surface area (Å²) >= 11 is 0. The summed E-state index contributed by atoms with van der Waals surface area (Å²) in [4.78, 5) is 11.7. The molecule has 76 valence electrons. The van der Waals surface area contributed by atoms with Crippen molar-refractivity contribution in [3.63, 3.8) is 0 Å². The third kappa shape index (κ3) is 2.33. The fraction of sp³-hybridized carbons (Fsp3) is 0.364. The minimum absolute atomic E-state index is 0.00787. The van der Waals surface area contributed by atoms with Gasteiger partial charge in [0.15, 0.2) is 5.78 Å². The molecule has 1 aromatic carbocycles. The van der Waals surface area contributed by atoms with E-state index >= 15 is 0 Å². The van der Waals surface area contributed by atoms with Crippen molar-refractivity contribution in [3.8, 4) is 5.75 Å². The van der Waals surface area contributed by atoms with Gasteiger partial charge in [0, 0.05) is 5.56 Å². The summed E-state index contributed by atoms with van der Waals surface area (Å²) < 4.78 is 0. The van der Waals surface area contributed by atoms with Gasteiger partial charge in [0.2, 0.25) is 0 Å². The number of hydrogen-bond donors (Lipinski definition) is 2. The zero-order chi connectivity index (χ0) is 10.7. The zero-order valence-corrected chi connectivity index (χ0v) is 8.66. The van der Waals surface area contributed by atoms with Crippen molar-refractivity contribution in [2.24, 2.45) is 0 Å². The summed E-state index contributed by atoms with van der Waals surface area (Å²) in [6.07, 6.45) is 0. The third-order valence-corrected chi connectivity index (χ3v) is 2.17. The largest absolute Gasteiger partial charge is 0.508 e. The second-order valence-electron chi connectivity index (χ2n) is 3.43. The maximum absolute atomic E-state index is 11.7. The molecule has 0 bridgehead atoms. The minimum atomic E-state index is -0.226. The topological polar surface area (TPSA) is 49.3 Å². The molecule has 0 amide bonds. The maximum atomic E-state index is 11.7. The number of aromatic hydroxyl groups is 1. The number of benzene rings is 1. The Morgan fingerprint density at radius 3 is 2.57 bits per heavy atom. The van der Waals surface area contributed by atoms with Gasteiger partial charge < -0.3 is 10.4 Å². The maximum Gasteiger partial charge on any atom is 0.179 e. The Morgan fingerprint density at radius 1 is 1.43 bits per heavy atom. The Balaban J connectivity index is 3.01. The lowest BCUT2D eigenvalue weighted by Crippen LogP contribution is -2.30. The van der Waals surface area contributed by atoms with Crippen molar-refractivity contribution in [1.82, 2.24) is 5.32 Å². The van der Waals surface area contributed by atoms with E-state index in [0.29, 0.717) is 5.56 Å². The van der Waals surface area contributed by atoms with Crippen molar-refractivity contribution in [2.45, 2.75) is 19.9 Å². The number of hydrogen-bond acceptors (Lipinski definition) is 3. The van der Waals surface area contributed by atoms with Crippen molar-refractivity contribution in [2.75, 3.05) is 7.05 Å². The third-order valence-electron chi connectivity index (χ3n) is 2.17. The number of ketones is 1. The second-order valence-corrected chi connectivity index (χ2v) is 3.43. The van der Waals surface area contributed by atoms with Gasteiger partial charge in [-0.1, -0.05) is 0 Å². The van der Waals surface area contributed by atoms with Gasteiger partial charge in [0.05, 0.1) is 6.04 Å². The molecule has 1 aromatic rings. The highest BCUT2D eigenvalue weighted by Gasteiger charge is 2.13. The first-order valence-electron chi connectivity index (χ1n) is 4.56. The van der Waals surface area contributed by atoms with E-state index in [2.05, 4.69) is 5.32 Å². The van der Waals surface area contributed by atoms with E-state index in [-0.39, 0.29) is 17.6 Å².